The number of amides is 1. The maximum absolute atomic E-state index is 11.8. The van der Waals surface area contributed by atoms with Gasteiger partial charge in [0, 0.05) is 18.5 Å². The SMILES string of the molecule is Cc1ccc(C)c(C(=O)NCCC(N)=NO)c1. The fraction of sp³-hybridized carbons (Fsp3) is 0.333. The third-order valence-electron chi connectivity index (χ3n) is 2.43. The highest BCUT2D eigenvalue weighted by Crippen LogP contribution is 2.10. The van der Waals surface area contributed by atoms with Crippen LogP contribution in [0.3, 0.4) is 0 Å². The van der Waals surface area contributed by atoms with Gasteiger partial charge < -0.3 is 16.3 Å². The molecule has 92 valence electrons. The highest BCUT2D eigenvalue weighted by molar-refractivity contribution is 5.96. The fourth-order valence-electron chi connectivity index (χ4n) is 1.43. The van der Waals surface area contributed by atoms with Crippen molar-refractivity contribution in [3.05, 3.63) is 34.9 Å². The van der Waals surface area contributed by atoms with Crippen LogP contribution in [0.25, 0.3) is 0 Å². The second-order valence-electron chi connectivity index (χ2n) is 3.92. The standard InChI is InChI=1S/C12H17N3O2/c1-8-3-4-9(2)10(7-8)12(16)14-6-5-11(13)15-17/h3-4,7,17H,5-6H2,1-2H3,(H2,13,15)(H,14,16). The molecule has 1 aromatic carbocycles. The third-order valence-corrected chi connectivity index (χ3v) is 2.43. The van der Waals surface area contributed by atoms with Crippen molar-refractivity contribution in [2.24, 2.45) is 10.9 Å². The molecule has 0 aromatic heterocycles. The number of nitrogens with two attached hydrogens (primary N) is 1. The number of amidine groups is 1. The predicted molar refractivity (Wildman–Crippen MR) is 66.3 cm³/mol. The molecule has 5 nitrogen and oxygen atoms in total. The van der Waals surface area contributed by atoms with Gasteiger partial charge in [-0.25, -0.2) is 0 Å². The molecule has 0 bridgehead atoms. The number of carbonyl (C=O) groups excluding carboxylic acids is 1. The maximum atomic E-state index is 11.8. The largest absolute Gasteiger partial charge is 0.409 e. The summed E-state index contributed by atoms with van der Waals surface area (Å²) in [6, 6.07) is 5.71. The molecule has 0 spiro atoms. The first-order valence-electron chi connectivity index (χ1n) is 5.36. The number of aryl methyl sites for hydroxylation is 2. The molecule has 5 heteroatoms. The van der Waals surface area contributed by atoms with Gasteiger partial charge in [0.1, 0.15) is 5.84 Å². The minimum Gasteiger partial charge on any atom is -0.409 e. The van der Waals surface area contributed by atoms with Gasteiger partial charge in [-0.05, 0) is 25.5 Å². The quantitative estimate of drug-likeness (QED) is 0.317. The molecule has 0 fully saturated rings. The zero-order chi connectivity index (χ0) is 12.8. The molecule has 0 atom stereocenters. The van der Waals surface area contributed by atoms with E-state index in [1.165, 1.54) is 0 Å². The summed E-state index contributed by atoms with van der Waals surface area (Å²) >= 11 is 0. The van der Waals surface area contributed by atoms with Crippen LogP contribution in [-0.4, -0.2) is 23.5 Å². The number of nitrogens with zero attached hydrogens (tertiary/aromatic N) is 1. The first-order valence-corrected chi connectivity index (χ1v) is 5.36. The fourth-order valence-corrected chi connectivity index (χ4v) is 1.43. The number of hydrogen-bond acceptors (Lipinski definition) is 3. The van der Waals surface area contributed by atoms with Crippen molar-refractivity contribution in [3.63, 3.8) is 0 Å². The van der Waals surface area contributed by atoms with E-state index >= 15 is 0 Å². The van der Waals surface area contributed by atoms with E-state index < -0.39 is 0 Å². The van der Waals surface area contributed by atoms with Crippen molar-refractivity contribution in [2.75, 3.05) is 6.54 Å². The molecule has 1 rings (SSSR count). The van der Waals surface area contributed by atoms with E-state index in [0.29, 0.717) is 18.5 Å². The zero-order valence-electron chi connectivity index (χ0n) is 10.0. The second kappa shape index (κ2) is 5.89. The van der Waals surface area contributed by atoms with E-state index in [1.54, 1.807) is 0 Å². The Morgan fingerprint density at radius 2 is 2.18 bits per heavy atom. The number of oxime groups is 1. The number of rotatable bonds is 4. The summed E-state index contributed by atoms with van der Waals surface area (Å²) in [4.78, 5) is 11.8. The molecule has 0 aliphatic heterocycles. The van der Waals surface area contributed by atoms with Crippen LogP contribution in [0.1, 0.15) is 27.9 Å². The summed E-state index contributed by atoms with van der Waals surface area (Å²) in [5.41, 5.74) is 7.92. The molecule has 0 aliphatic rings. The Bertz CT molecular complexity index is 441. The van der Waals surface area contributed by atoms with Crippen molar-refractivity contribution >= 4 is 11.7 Å². The number of carbonyl (C=O) groups is 1. The lowest BCUT2D eigenvalue weighted by Gasteiger charge is -2.08. The highest BCUT2D eigenvalue weighted by atomic mass is 16.4. The summed E-state index contributed by atoms with van der Waals surface area (Å²) in [7, 11) is 0. The third kappa shape index (κ3) is 3.79. The first kappa shape index (κ1) is 13.0. The first-order chi connectivity index (χ1) is 8.04. The van der Waals surface area contributed by atoms with Crippen LogP contribution in [0.5, 0.6) is 0 Å². The number of benzene rings is 1. The van der Waals surface area contributed by atoms with Crippen molar-refractivity contribution in [1.29, 1.82) is 0 Å². The van der Waals surface area contributed by atoms with Gasteiger partial charge in [-0.1, -0.05) is 22.9 Å². The normalized spacial score (nSPS) is 11.3. The van der Waals surface area contributed by atoms with E-state index in [-0.39, 0.29) is 11.7 Å². The molecule has 1 aromatic rings. The molecule has 0 saturated heterocycles. The Balaban J connectivity index is 2.61. The van der Waals surface area contributed by atoms with Gasteiger partial charge in [-0.2, -0.15) is 0 Å². The van der Waals surface area contributed by atoms with E-state index in [0.717, 1.165) is 11.1 Å². The lowest BCUT2D eigenvalue weighted by Crippen LogP contribution is -2.28. The topological polar surface area (TPSA) is 87.7 Å². The Morgan fingerprint density at radius 3 is 2.82 bits per heavy atom. The summed E-state index contributed by atoms with van der Waals surface area (Å²) in [5, 5.41) is 13.9. The minimum absolute atomic E-state index is 0.103. The molecule has 4 N–H and O–H groups in total. The Labute approximate surface area is 100 Å². The summed E-state index contributed by atoms with van der Waals surface area (Å²) in [6.07, 6.45) is 0.326. The van der Waals surface area contributed by atoms with E-state index in [4.69, 9.17) is 10.9 Å². The van der Waals surface area contributed by atoms with Gasteiger partial charge in [0.15, 0.2) is 0 Å². The number of nitrogens with one attached hydrogen (secondary N) is 1. The molecule has 0 aliphatic carbocycles. The van der Waals surface area contributed by atoms with Crippen LogP contribution < -0.4 is 11.1 Å². The smallest absolute Gasteiger partial charge is 0.251 e. The molecule has 0 unspecified atom stereocenters. The van der Waals surface area contributed by atoms with E-state index in [2.05, 4.69) is 10.5 Å². The Kier molecular flexibility index (Phi) is 4.51. The lowest BCUT2D eigenvalue weighted by atomic mass is 10.1. The summed E-state index contributed by atoms with van der Waals surface area (Å²) < 4.78 is 0. The molecule has 1 amide bonds. The highest BCUT2D eigenvalue weighted by Gasteiger charge is 2.08. The van der Waals surface area contributed by atoms with Crippen molar-refractivity contribution in [2.45, 2.75) is 20.3 Å². The summed E-state index contributed by atoms with van der Waals surface area (Å²) in [5.74, 6) is -0.0387. The van der Waals surface area contributed by atoms with E-state index in [1.807, 2.05) is 32.0 Å². The Morgan fingerprint density at radius 1 is 1.47 bits per heavy atom. The minimum atomic E-state index is -0.142. The van der Waals surface area contributed by atoms with E-state index in [9.17, 15) is 4.79 Å². The molecular weight excluding hydrogens is 218 g/mol. The van der Waals surface area contributed by atoms with Crippen LogP contribution in [0.4, 0.5) is 0 Å². The van der Waals surface area contributed by atoms with Crippen LogP contribution in [0.15, 0.2) is 23.4 Å². The zero-order valence-corrected chi connectivity index (χ0v) is 10.0. The van der Waals surface area contributed by atoms with Crippen molar-refractivity contribution < 1.29 is 10.0 Å². The average Bonchev–Trinajstić information content (AvgIpc) is 2.31. The van der Waals surface area contributed by atoms with Crippen molar-refractivity contribution in [1.82, 2.24) is 5.32 Å². The predicted octanol–water partition coefficient (Wildman–Crippen LogP) is 1.17. The second-order valence-corrected chi connectivity index (χ2v) is 3.92. The van der Waals surface area contributed by atoms with Gasteiger partial charge in [0.25, 0.3) is 5.91 Å². The molecule has 0 radical (unpaired) electrons. The van der Waals surface area contributed by atoms with Crippen LogP contribution in [-0.2, 0) is 0 Å². The maximum Gasteiger partial charge on any atom is 0.251 e. The van der Waals surface area contributed by atoms with Crippen LogP contribution >= 0.6 is 0 Å². The van der Waals surface area contributed by atoms with Gasteiger partial charge in [0.2, 0.25) is 0 Å². The van der Waals surface area contributed by atoms with Gasteiger partial charge in [0.05, 0.1) is 0 Å². The molecule has 17 heavy (non-hydrogen) atoms. The van der Waals surface area contributed by atoms with Gasteiger partial charge >= 0.3 is 0 Å². The van der Waals surface area contributed by atoms with Crippen LogP contribution in [0, 0.1) is 13.8 Å². The molecule has 0 saturated carbocycles. The number of hydrogen-bond donors (Lipinski definition) is 3. The summed E-state index contributed by atoms with van der Waals surface area (Å²) in [6.45, 7) is 4.17. The van der Waals surface area contributed by atoms with Gasteiger partial charge in [-0.3, -0.25) is 4.79 Å². The van der Waals surface area contributed by atoms with Crippen molar-refractivity contribution in [3.8, 4) is 0 Å². The molecular formula is C12H17N3O2. The van der Waals surface area contributed by atoms with Crippen LogP contribution in [0.2, 0.25) is 0 Å². The average molecular weight is 235 g/mol. The van der Waals surface area contributed by atoms with Gasteiger partial charge in [-0.15, -0.1) is 0 Å². The monoisotopic (exact) mass is 235 g/mol. The molecule has 0 heterocycles. The lowest BCUT2D eigenvalue weighted by molar-refractivity contribution is 0.0954. The Hall–Kier alpha value is -2.04.